The van der Waals surface area contributed by atoms with E-state index in [1.165, 1.54) is 10.9 Å². The molecule has 2 nitrogen and oxygen atoms in total. The highest BCUT2D eigenvalue weighted by Crippen LogP contribution is 2.23. The van der Waals surface area contributed by atoms with Gasteiger partial charge in [0.05, 0.1) is 5.52 Å². The summed E-state index contributed by atoms with van der Waals surface area (Å²) in [4.78, 5) is 4.37. The Labute approximate surface area is 96.5 Å². The molecule has 0 fully saturated rings. The second-order valence-electron chi connectivity index (χ2n) is 4.57. The molecule has 16 heavy (non-hydrogen) atoms. The fourth-order valence-electron chi connectivity index (χ4n) is 2.08. The Morgan fingerprint density at radius 1 is 1.25 bits per heavy atom. The summed E-state index contributed by atoms with van der Waals surface area (Å²) in [6.45, 7) is 4.27. The monoisotopic (exact) mass is 214 g/mol. The van der Waals surface area contributed by atoms with Crippen LogP contribution in [0.25, 0.3) is 10.9 Å². The van der Waals surface area contributed by atoms with Gasteiger partial charge in [-0.05, 0) is 37.0 Å². The van der Waals surface area contributed by atoms with Gasteiger partial charge in [-0.25, -0.2) is 0 Å². The molecule has 0 saturated heterocycles. The third kappa shape index (κ3) is 2.39. The number of benzene rings is 1. The maximum Gasteiger partial charge on any atom is 0.0704 e. The first-order chi connectivity index (χ1) is 7.66. The van der Waals surface area contributed by atoms with Crippen molar-refractivity contribution >= 4 is 10.9 Å². The average molecular weight is 214 g/mol. The Morgan fingerprint density at radius 2 is 2.06 bits per heavy atom. The molecule has 0 amide bonds. The van der Waals surface area contributed by atoms with Crippen LogP contribution in [0, 0.1) is 0 Å². The first-order valence-electron chi connectivity index (χ1n) is 5.77. The van der Waals surface area contributed by atoms with Gasteiger partial charge in [0.15, 0.2) is 0 Å². The molecule has 2 N–H and O–H groups in total. The number of hydrogen-bond donors (Lipinski definition) is 1. The van der Waals surface area contributed by atoms with Gasteiger partial charge in [0.25, 0.3) is 0 Å². The second-order valence-corrected chi connectivity index (χ2v) is 4.57. The van der Waals surface area contributed by atoms with Crippen LogP contribution in [0.3, 0.4) is 0 Å². The summed E-state index contributed by atoms with van der Waals surface area (Å²) in [6.07, 6.45) is 2.85. The fraction of sp³-hybridized carbons (Fsp3) is 0.357. The van der Waals surface area contributed by atoms with Gasteiger partial charge in [0.1, 0.15) is 0 Å². The van der Waals surface area contributed by atoms with Gasteiger partial charge in [-0.3, -0.25) is 4.98 Å². The molecule has 0 radical (unpaired) electrons. The second kappa shape index (κ2) is 4.62. The summed E-state index contributed by atoms with van der Waals surface area (Å²) in [5, 5.41) is 1.19. The molecule has 1 heterocycles. The maximum atomic E-state index is 5.83. The van der Waals surface area contributed by atoms with E-state index in [0.717, 1.165) is 11.9 Å². The van der Waals surface area contributed by atoms with Crippen LogP contribution in [0.4, 0.5) is 0 Å². The van der Waals surface area contributed by atoms with Crippen molar-refractivity contribution < 1.29 is 0 Å². The summed E-state index contributed by atoms with van der Waals surface area (Å²) in [7, 11) is 0. The SMILES string of the molecule is CC(N)CC(C)c1ccc2cccnc2c1. The van der Waals surface area contributed by atoms with Gasteiger partial charge in [0.2, 0.25) is 0 Å². The molecule has 1 aromatic carbocycles. The summed E-state index contributed by atoms with van der Waals surface area (Å²) in [5.74, 6) is 0.492. The van der Waals surface area contributed by atoms with Crippen molar-refractivity contribution in [2.24, 2.45) is 5.73 Å². The average Bonchev–Trinajstić information content (AvgIpc) is 2.27. The highest BCUT2D eigenvalue weighted by molar-refractivity contribution is 5.78. The third-order valence-electron chi connectivity index (χ3n) is 2.92. The molecular formula is C14H18N2. The lowest BCUT2D eigenvalue weighted by Crippen LogP contribution is -2.17. The lowest BCUT2D eigenvalue weighted by Gasteiger charge is -2.14. The molecule has 84 valence electrons. The number of nitrogens with zero attached hydrogens (tertiary/aromatic N) is 1. The predicted molar refractivity (Wildman–Crippen MR) is 68.4 cm³/mol. The fourth-order valence-corrected chi connectivity index (χ4v) is 2.08. The zero-order chi connectivity index (χ0) is 11.5. The normalized spacial score (nSPS) is 14.9. The summed E-state index contributed by atoms with van der Waals surface area (Å²) in [5.41, 5.74) is 8.22. The van der Waals surface area contributed by atoms with Crippen LogP contribution in [-0.2, 0) is 0 Å². The number of fused-ring (bicyclic) bond motifs is 1. The van der Waals surface area contributed by atoms with Crippen LogP contribution in [0.15, 0.2) is 36.5 Å². The number of aromatic nitrogens is 1. The molecule has 0 saturated carbocycles. The standard InChI is InChI=1S/C14H18N2/c1-10(8-11(2)15)13-6-5-12-4-3-7-16-14(12)9-13/h3-7,9-11H,8,15H2,1-2H3. The van der Waals surface area contributed by atoms with Crippen LogP contribution < -0.4 is 5.73 Å². The van der Waals surface area contributed by atoms with Gasteiger partial charge in [0, 0.05) is 17.6 Å². The van der Waals surface area contributed by atoms with Crippen molar-refractivity contribution in [1.82, 2.24) is 4.98 Å². The molecule has 0 bridgehead atoms. The van der Waals surface area contributed by atoms with Crippen molar-refractivity contribution in [3.63, 3.8) is 0 Å². The smallest absolute Gasteiger partial charge is 0.0704 e. The quantitative estimate of drug-likeness (QED) is 0.852. The van der Waals surface area contributed by atoms with E-state index < -0.39 is 0 Å². The van der Waals surface area contributed by atoms with Crippen molar-refractivity contribution in [3.05, 3.63) is 42.1 Å². The summed E-state index contributed by atoms with van der Waals surface area (Å²) < 4.78 is 0. The molecule has 2 aromatic rings. The molecule has 2 heteroatoms. The Kier molecular flexibility index (Phi) is 3.20. The van der Waals surface area contributed by atoms with Crippen LogP contribution in [0.2, 0.25) is 0 Å². The van der Waals surface area contributed by atoms with Crippen molar-refractivity contribution in [1.29, 1.82) is 0 Å². The third-order valence-corrected chi connectivity index (χ3v) is 2.92. The van der Waals surface area contributed by atoms with Crippen LogP contribution >= 0.6 is 0 Å². The lowest BCUT2D eigenvalue weighted by molar-refractivity contribution is 0.586. The molecule has 2 atom stereocenters. The van der Waals surface area contributed by atoms with E-state index in [2.05, 4.69) is 43.1 Å². The summed E-state index contributed by atoms with van der Waals surface area (Å²) >= 11 is 0. The minimum absolute atomic E-state index is 0.245. The first-order valence-corrected chi connectivity index (χ1v) is 5.77. The topological polar surface area (TPSA) is 38.9 Å². The van der Waals surface area contributed by atoms with E-state index >= 15 is 0 Å². The molecule has 2 rings (SSSR count). The predicted octanol–water partition coefficient (Wildman–Crippen LogP) is 3.08. The Bertz CT molecular complexity index is 477. The van der Waals surface area contributed by atoms with Crippen LogP contribution in [0.1, 0.15) is 31.7 Å². The zero-order valence-corrected chi connectivity index (χ0v) is 9.85. The van der Waals surface area contributed by atoms with Gasteiger partial charge >= 0.3 is 0 Å². The lowest BCUT2D eigenvalue weighted by atomic mass is 9.94. The molecule has 0 aliphatic carbocycles. The van der Waals surface area contributed by atoms with E-state index in [0.29, 0.717) is 5.92 Å². The molecule has 0 spiro atoms. The largest absolute Gasteiger partial charge is 0.328 e. The Balaban J connectivity index is 2.32. The highest BCUT2D eigenvalue weighted by Gasteiger charge is 2.08. The number of hydrogen-bond acceptors (Lipinski definition) is 2. The Hall–Kier alpha value is -1.41. The van der Waals surface area contributed by atoms with E-state index in [-0.39, 0.29) is 6.04 Å². The van der Waals surface area contributed by atoms with E-state index in [4.69, 9.17) is 5.73 Å². The van der Waals surface area contributed by atoms with Crippen molar-refractivity contribution in [2.45, 2.75) is 32.2 Å². The van der Waals surface area contributed by atoms with Gasteiger partial charge in [-0.15, -0.1) is 0 Å². The molecule has 2 unspecified atom stereocenters. The van der Waals surface area contributed by atoms with Crippen molar-refractivity contribution in [3.8, 4) is 0 Å². The van der Waals surface area contributed by atoms with E-state index in [9.17, 15) is 0 Å². The number of rotatable bonds is 3. The molecule has 0 aliphatic heterocycles. The number of pyridine rings is 1. The minimum atomic E-state index is 0.245. The summed E-state index contributed by atoms with van der Waals surface area (Å²) in [6, 6.07) is 10.8. The number of nitrogens with two attached hydrogens (primary N) is 1. The minimum Gasteiger partial charge on any atom is -0.328 e. The van der Waals surface area contributed by atoms with Crippen LogP contribution in [0.5, 0.6) is 0 Å². The van der Waals surface area contributed by atoms with Gasteiger partial charge < -0.3 is 5.73 Å². The molecular weight excluding hydrogens is 196 g/mol. The van der Waals surface area contributed by atoms with Gasteiger partial charge in [-0.1, -0.05) is 25.1 Å². The Morgan fingerprint density at radius 3 is 2.81 bits per heavy atom. The highest BCUT2D eigenvalue weighted by atomic mass is 14.6. The van der Waals surface area contributed by atoms with E-state index in [1.807, 2.05) is 12.3 Å². The molecule has 1 aromatic heterocycles. The van der Waals surface area contributed by atoms with Gasteiger partial charge in [-0.2, -0.15) is 0 Å². The maximum absolute atomic E-state index is 5.83. The molecule has 0 aliphatic rings. The van der Waals surface area contributed by atoms with Crippen LogP contribution in [-0.4, -0.2) is 11.0 Å². The first kappa shape index (κ1) is 11.1. The van der Waals surface area contributed by atoms with E-state index in [1.54, 1.807) is 0 Å². The van der Waals surface area contributed by atoms with Crippen molar-refractivity contribution in [2.75, 3.05) is 0 Å². The zero-order valence-electron chi connectivity index (χ0n) is 9.85.